The van der Waals surface area contributed by atoms with E-state index >= 15 is 0 Å². The average Bonchev–Trinajstić information content (AvgIpc) is 2.95. The summed E-state index contributed by atoms with van der Waals surface area (Å²) >= 11 is 1.61. The number of nitrogens with two attached hydrogens (primary N) is 1. The molecule has 3 rings (SSSR count). The maximum Gasteiger partial charge on any atom is 0.217 e. The summed E-state index contributed by atoms with van der Waals surface area (Å²) in [5.74, 6) is 0.128. The molecule has 0 saturated carbocycles. The summed E-state index contributed by atoms with van der Waals surface area (Å²) in [4.78, 5) is 19.0. The van der Waals surface area contributed by atoms with Gasteiger partial charge in [-0.2, -0.15) is 0 Å². The second-order valence-electron chi connectivity index (χ2n) is 7.11. The van der Waals surface area contributed by atoms with E-state index in [4.69, 9.17) is 5.73 Å². The minimum Gasteiger partial charge on any atom is -0.370 e. The van der Waals surface area contributed by atoms with Crippen LogP contribution in [0, 0.1) is 5.92 Å². The molecule has 0 aromatic carbocycles. The molecule has 1 amide bonds. The number of rotatable bonds is 3. The second kappa shape index (κ2) is 5.53. The monoisotopic (exact) mass is 321 g/mol. The van der Waals surface area contributed by atoms with Crippen molar-refractivity contribution in [2.24, 2.45) is 11.7 Å². The van der Waals surface area contributed by atoms with Crippen molar-refractivity contribution in [2.75, 3.05) is 18.0 Å². The predicted octanol–water partition coefficient (Wildman–Crippen LogP) is 2.18. The Morgan fingerprint density at radius 3 is 2.91 bits per heavy atom. The van der Waals surface area contributed by atoms with Crippen molar-refractivity contribution >= 4 is 27.3 Å². The maximum atomic E-state index is 11.1. The van der Waals surface area contributed by atoms with Gasteiger partial charge in [-0.3, -0.25) is 4.79 Å². The van der Waals surface area contributed by atoms with Crippen LogP contribution in [0.2, 0.25) is 0 Å². The number of carbonyl (C=O) groups is 1. The first-order valence-electron chi connectivity index (χ1n) is 7.73. The third kappa shape index (κ3) is 3.09. The van der Waals surface area contributed by atoms with Gasteiger partial charge in [0, 0.05) is 24.9 Å². The molecule has 0 aliphatic carbocycles. The Hall–Kier alpha value is -1.63. The molecule has 1 aliphatic rings. The van der Waals surface area contributed by atoms with Gasteiger partial charge in [-0.1, -0.05) is 32.1 Å². The molecule has 6 nitrogen and oxygen atoms in total. The molecule has 3 heterocycles. The van der Waals surface area contributed by atoms with E-state index in [2.05, 4.69) is 35.8 Å². The van der Waals surface area contributed by atoms with E-state index in [1.165, 1.54) is 0 Å². The molecular weight excluding hydrogens is 298 g/mol. The van der Waals surface area contributed by atoms with Crippen molar-refractivity contribution in [1.82, 2.24) is 14.6 Å². The Morgan fingerprint density at radius 1 is 1.50 bits per heavy atom. The van der Waals surface area contributed by atoms with Crippen LogP contribution in [0.1, 0.15) is 45.7 Å². The fourth-order valence-electron chi connectivity index (χ4n) is 2.87. The summed E-state index contributed by atoms with van der Waals surface area (Å²) in [5.41, 5.74) is 6.42. The van der Waals surface area contributed by atoms with E-state index < -0.39 is 0 Å². The molecule has 7 heteroatoms. The van der Waals surface area contributed by atoms with Crippen LogP contribution < -0.4 is 10.6 Å². The minimum absolute atomic E-state index is 0.0330. The van der Waals surface area contributed by atoms with Gasteiger partial charge >= 0.3 is 0 Å². The third-order valence-corrected chi connectivity index (χ3v) is 5.06. The molecule has 1 atom stereocenters. The SMILES string of the molecule is CC(C)(C)c1cn2nc(N3CCCC(CC(N)=O)C3)sc2n1. The summed E-state index contributed by atoms with van der Waals surface area (Å²) < 4.78 is 1.87. The van der Waals surface area contributed by atoms with Crippen molar-refractivity contribution in [3.63, 3.8) is 0 Å². The smallest absolute Gasteiger partial charge is 0.217 e. The zero-order valence-electron chi connectivity index (χ0n) is 13.4. The Kier molecular flexibility index (Phi) is 3.84. The molecule has 0 bridgehead atoms. The fourth-order valence-corrected chi connectivity index (χ4v) is 3.79. The van der Waals surface area contributed by atoms with Gasteiger partial charge in [0.05, 0.1) is 11.9 Å². The lowest BCUT2D eigenvalue weighted by Gasteiger charge is -2.31. The van der Waals surface area contributed by atoms with Gasteiger partial charge in [0.25, 0.3) is 0 Å². The van der Waals surface area contributed by atoms with E-state index in [1.807, 2.05) is 10.7 Å². The number of primary amides is 1. The molecule has 0 spiro atoms. The number of hydrogen-bond acceptors (Lipinski definition) is 5. The van der Waals surface area contributed by atoms with Crippen LogP contribution in [0.3, 0.4) is 0 Å². The second-order valence-corrected chi connectivity index (χ2v) is 8.05. The number of anilines is 1. The lowest BCUT2D eigenvalue weighted by atomic mass is 9.93. The number of hydrogen-bond donors (Lipinski definition) is 1. The third-order valence-electron chi connectivity index (χ3n) is 4.08. The van der Waals surface area contributed by atoms with Gasteiger partial charge in [-0.25, -0.2) is 9.50 Å². The van der Waals surface area contributed by atoms with Crippen molar-refractivity contribution < 1.29 is 4.79 Å². The highest BCUT2D eigenvalue weighted by atomic mass is 32.1. The Morgan fingerprint density at radius 2 is 2.27 bits per heavy atom. The summed E-state index contributed by atoms with van der Waals surface area (Å²) in [6.45, 7) is 8.29. The highest BCUT2D eigenvalue weighted by Gasteiger charge is 2.25. The zero-order valence-corrected chi connectivity index (χ0v) is 14.2. The van der Waals surface area contributed by atoms with Crippen LogP contribution in [0.5, 0.6) is 0 Å². The van der Waals surface area contributed by atoms with E-state index in [1.54, 1.807) is 11.3 Å². The summed E-state index contributed by atoms with van der Waals surface area (Å²) in [5, 5.41) is 5.65. The lowest BCUT2D eigenvalue weighted by molar-refractivity contribution is -0.118. The van der Waals surface area contributed by atoms with Crippen LogP contribution in [0.4, 0.5) is 5.13 Å². The predicted molar refractivity (Wildman–Crippen MR) is 88.3 cm³/mol. The van der Waals surface area contributed by atoms with Crippen molar-refractivity contribution in [2.45, 2.75) is 45.4 Å². The first kappa shape index (κ1) is 15.3. The van der Waals surface area contributed by atoms with E-state index in [0.29, 0.717) is 12.3 Å². The standard InChI is InChI=1S/C15H23N5OS/c1-15(2,3)11-9-20-13(17-11)22-14(18-20)19-6-4-5-10(8-19)7-12(16)21/h9-10H,4-8H2,1-3H3,(H2,16,21). The minimum atomic E-state index is -0.212. The summed E-state index contributed by atoms with van der Waals surface area (Å²) in [6.07, 6.45) is 4.62. The lowest BCUT2D eigenvalue weighted by Crippen LogP contribution is -2.37. The van der Waals surface area contributed by atoms with E-state index in [0.717, 1.165) is 41.7 Å². The van der Waals surface area contributed by atoms with Gasteiger partial charge in [0.1, 0.15) is 0 Å². The number of amides is 1. The van der Waals surface area contributed by atoms with Crippen molar-refractivity contribution in [1.29, 1.82) is 0 Å². The molecule has 1 aliphatic heterocycles. The number of aromatic nitrogens is 3. The van der Waals surface area contributed by atoms with Crippen LogP contribution in [0.25, 0.3) is 4.96 Å². The first-order chi connectivity index (χ1) is 10.3. The highest BCUT2D eigenvalue weighted by Crippen LogP contribution is 2.30. The van der Waals surface area contributed by atoms with E-state index in [-0.39, 0.29) is 11.3 Å². The normalized spacial score (nSPS) is 19.8. The van der Waals surface area contributed by atoms with Gasteiger partial charge in [-0.05, 0) is 18.8 Å². The molecule has 1 unspecified atom stereocenters. The van der Waals surface area contributed by atoms with Gasteiger partial charge in [0.2, 0.25) is 16.0 Å². The van der Waals surface area contributed by atoms with Gasteiger partial charge < -0.3 is 10.6 Å². The fraction of sp³-hybridized carbons (Fsp3) is 0.667. The van der Waals surface area contributed by atoms with Gasteiger partial charge in [0.15, 0.2) is 0 Å². The number of imidazole rings is 1. The Bertz CT molecular complexity index is 652. The maximum absolute atomic E-state index is 11.1. The molecule has 120 valence electrons. The Balaban J connectivity index is 1.78. The molecule has 22 heavy (non-hydrogen) atoms. The van der Waals surface area contributed by atoms with Crippen LogP contribution in [-0.2, 0) is 10.2 Å². The van der Waals surface area contributed by atoms with Crippen molar-refractivity contribution in [3.8, 4) is 0 Å². The number of piperidine rings is 1. The molecule has 1 saturated heterocycles. The zero-order chi connectivity index (χ0) is 15.9. The molecule has 0 radical (unpaired) electrons. The average molecular weight is 321 g/mol. The van der Waals surface area contributed by atoms with Crippen LogP contribution >= 0.6 is 11.3 Å². The quantitative estimate of drug-likeness (QED) is 0.940. The largest absolute Gasteiger partial charge is 0.370 e. The highest BCUT2D eigenvalue weighted by molar-refractivity contribution is 7.20. The molecular formula is C15H23N5OS. The number of fused-ring (bicyclic) bond motifs is 1. The van der Waals surface area contributed by atoms with Crippen LogP contribution in [-0.4, -0.2) is 33.6 Å². The topological polar surface area (TPSA) is 76.5 Å². The summed E-state index contributed by atoms with van der Waals surface area (Å²) in [6, 6.07) is 0. The van der Waals surface area contributed by atoms with Crippen LogP contribution in [0.15, 0.2) is 6.20 Å². The number of carbonyl (C=O) groups excluding carboxylic acids is 1. The van der Waals surface area contributed by atoms with Gasteiger partial charge in [-0.15, -0.1) is 5.10 Å². The van der Waals surface area contributed by atoms with Crippen molar-refractivity contribution in [3.05, 3.63) is 11.9 Å². The van der Waals surface area contributed by atoms with E-state index in [9.17, 15) is 4.79 Å². The molecule has 2 aromatic heterocycles. The number of nitrogens with zero attached hydrogens (tertiary/aromatic N) is 4. The Labute approximate surface area is 134 Å². The summed E-state index contributed by atoms with van der Waals surface area (Å²) in [7, 11) is 0. The molecule has 1 fully saturated rings. The molecule has 2 N–H and O–H groups in total. The molecule has 2 aromatic rings. The first-order valence-corrected chi connectivity index (χ1v) is 8.54.